The third-order valence-electron chi connectivity index (χ3n) is 6.35. The van der Waals surface area contributed by atoms with Gasteiger partial charge in [-0.2, -0.15) is 0 Å². The Bertz CT molecular complexity index is 914. The number of piperidine rings is 1. The van der Waals surface area contributed by atoms with Gasteiger partial charge in [0.25, 0.3) is 0 Å². The average Bonchev–Trinajstić information content (AvgIpc) is 3.42. The number of amides is 1. The van der Waals surface area contributed by atoms with Gasteiger partial charge in [0.2, 0.25) is 5.91 Å². The van der Waals surface area contributed by atoms with Gasteiger partial charge >= 0.3 is 5.97 Å². The second-order valence-electron chi connectivity index (χ2n) is 8.11. The first-order valence-electron chi connectivity index (χ1n) is 10.6. The van der Waals surface area contributed by atoms with Crippen LogP contribution in [0.2, 0.25) is 0 Å². The lowest BCUT2D eigenvalue weighted by molar-refractivity contribution is -0.218. The Labute approximate surface area is 182 Å². The highest BCUT2D eigenvalue weighted by Crippen LogP contribution is 2.44. The third kappa shape index (κ3) is 4.16. The number of benzene rings is 1. The molecule has 1 atom stereocenters. The lowest BCUT2D eigenvalue weighted by atomic mass is 9.77. The van der Waals surface area contributed by atoms with Crippen LogP contribution in [0.5, 0.6) is 0 Å². The SMILES string of the molecule is C=CCON1C(=O)CC(C(=O)OC)C12CCN(Cc1ccc(-c3ccco3)cc1)CC2. The molecule has 1 amide bonds. The van der Waals surface area contributed by atoms with E-state index in [1.807, 2.05) is 12.1 Å². The van der Waals surface area contributed by atoms with E-state index in [4.69, 9.17) is 14.0 Å². The number of furan rings is 1. The van der Waals surface area contributed by atoms with Crippen molar-refractivity contribution in [1.29, 1.82) is 0 Å². The zero-order chi connectivity index (χ0) is 21.8. The summed E-state index contributed by atoms with van der Waals surface area (Å²) in [5.74, 6) is -0.172. The Kier molecular flexibility index (Phi) is 6.25. The van der Waals surface area contributed by atoms with Crippen LogP contribution in [0.4, 0.5) is 0 Å². The van der Waals surface area contributed by atoms with Crippen LogP contribution in [0.1, 0.15) is 24.8 Å². The first kappa shape index (κ1) is 21.3. The molecule has 1 spiro atoms. The fourth-order valence-corrected chi connectivity index (χ4v) is 4.74. The molecular formula is C24H28N2O5. The molecule has 2 aromatic rings. The number of esters is 1. The predicted octanol–water partition coefficient (Wildman–Crippen LogP) is 3.42. The summed E-state index contributed by atoms with van der Waals surface area (Å²) in [6, 6.07) is 12.2. The van der Waals surface area contributed by atoms with Gasteiger partial charge in [0.05, 0.1) is 31.4 Å². The van der Waals surface area contributed by atoms with Crippen molar-refractivity contribution in [2.75, 3.05) is 26.8 Å². The van der Waals surface area contributed by atoms with E-state index >= 15 is 0 Å². The first-order valence-corrected chi connectivity index (χ1v) is 10.6. The molecule has 0 radical (unpaired) electrons. The minimum Gasteiger partial charge on any atom is -0.469 e. The molecule has 1 aromatic carbocycles. The van der Waals surface area contributed by atoms with Crippen LogP contribution >= 0.6 is 0 Å². The fraction of sp³-hybridized carbons (Fsp3) is 0.417. The van der Waals surface area contributed by atoms with E-state index in [1.54, 1.807) is 12.3 Å². The second kappa shape index (κ2) is 9.08. The summed E-state index contributed by atoms with van der Waals surface area (Å²) in [5, 5.41) is 1.44. The van der Waals surface area contributed by atoms with Crippen LogP contribution in [0.25, 0.3) is 11.3 Å². The molecule has 7 heteroatoms. The van der Waals surface area contributed by atoms with E-state index < -0.39 is 11.5 Å². The van der Waals surface area contributed by atoms with Crippen LogP contribution in [0.3, 0.4) is 0 Å². The van der Waals surface area contributed by atoms with Gasteiger partial charge in [-0.1, -0.05) is 30.3 Å². The number of rotatable bonds is 7. The molecule has 7 nitrogen and oxygen atoms in total. The van der Waals surface area contributed by atoms with E-state index in [0.29, 0.717) is 12.8 Å². The summed E-state index contributed by atoms with van der Waals surface area (Å²) < 4.78 is 10.5. The normalized spacial score (nSPS) is 20.9. The van der Waals surface area contributed by atoms with Crippen LogP contribution in [-0.4, -0.2) is 54.2 Å². The number of carbonyl (C=O) groups is 2. The summed E-state index contributed by atoms with van der Waals surface area (Å²) in [6.45, 7) is 6.21. The van der Waals surface area contributed by atoms with Gasteiger partial charge in [-0.05, 0) is 30.5 Å². The summed E-state index contributed by atoms with van der Waals surface area (Å²) in [5.41, 5.74) is 1.59. The van der Waals surface area contributed by atoms with E-state index in [9.17, 15) is 9.59 Å². The van der Waals surface area contributed by atoms with Crippen LogP contribution in [-0.2, 0) is 25.7 Å². The molecule has 1 aromatic heterocycles. The molecule has 2 saturated heterocycles. The Hall–Kier alpha value is -2.90. The fourth-order valence-electron chi connectivity index (χ4n) is 4.74. The van der Waals surface area contributed by atoms with Crippen molar-refractivity contribution >= 4 is 11.9 Å². The molecule has 1 unspecified atom stereocenters. The molecule has 4 rings (SSSR count). The standard InChI is InChI=1S/C24H28N2O5/c1-3-14-31-26-22(27)16-20(23(28)29-2)24(26)10-12-25(13-11-24)17-18-6-8-19(9-7-18)21-5-4-15-30-21/h3-9,15,20H,1,10-14,16-17H2,2H3. The summed E-state index contributed by atoms with van der Waals surface area (Å²) in [7, 11) is 1.37. The average molecular weight is 424 g/mol. The minimum atomic E-state index is -0.660. The van der Waals surface area contributed by atoms with Crippen molar-refractivity contribution in [2.24, 2.45) is 5.92 Å². The zero-order valence-electron chi connectivity index (χ0n) is 17.8. The maximum Gasteiger partial charge on any atom is 0.311 e. The first-order chi connectivity index (χ1) is 15.1. The zero-order valence-corrected chi connectivity index (χ0v) is 17.8. The van der Waals surface area contributed by atoms with Crippen molar-refractivity contribution in [3.05, 3.63) is 60.9 Å². The molecule has 0 N–H and O–H groups in total. The summed E-state index contributed by atoms with van der Waals surface area (Å²) >= 11 is 0. The minimum absolute atomic E-state index is 0.123. The summed E-state index contributed by atoms with van der Waals surface area (Å²) in [6.07, 6.45) is 4.70. The number of likely N-dealkylation sites (tertiary alicyclic amines) is 1. The molecule has 2 aliphatic heterocycles. The molecule has 3 heterocycles. The Morgan fingerprint density at radius 1 is 1.26 bits per heavy atom. The highest BCUT2D eigenvalue weighted by molar-refractivity contribution is 5.88. The smallest absolute Gasteiger partial charge is 0.311 e. The second-order valence-corrected chi connectivity index (χ2v) is 8.11. The maximum atomic E-state index is 12.6. The molecule has 31 heavy (non-hydrogen) atoms. The third-order valence-corrected chi connectivity index (χ3v) is 6.35. The topological polar surface area (TPSA) is 72.2 Å². The van der Waals surface area contributed by atoms with Gasteiger partial charge in [-0.3, -0.25) is 19.3 Å². The van der Waals surface area contributed by atoms with E-state index in [0.717, 1.165) is 31.0 Å². The largest absolute Gasteiger partial charge is 0.469 e. The Morgan fingerprint density at radius 3 is 2.61 bits per heavy atom. The van der Waals surface area contributed by atoms with Crippen molar-refractivity contribution in [3.63, 3.8) is 0 Å². The van der Waals surface area contributed by atoms with Gasteiger partial charge in [-0.25, -0.2) is 5.06 Å². The Morgan fingerprint density at radius 2 is 2.00 bits per heavy atom. The molecule has 2 aliphatic rings. The molecular weight excluding hydrogens is 396 g/mol. The van der Waals surface area contributed by atoms with Gasteiger partial charge in [0, 0.05) is 31.6 Å². The van der Waals surface area contributed by atoms with Crippen molar-refractivity contribution in [2.45, 2.75) is 31.3 Å². The highest BCUT2D eigenvalue weighted by Gasteiger charge is 2.58. The van der Waals surface area contributed by atoms with Gasteiger partial charge < -0.3 is 9.15 Å². The summed E-state index contributed by atoms with van der Waals surface area (Å²) in [4.78, 5) is 33.1. The van der Waals surface area contributed by atoms with Crippen LogP contribution in [0.15, 0.2) is 59.7 Å². The van der Waals surface area contributed by atoms with Crippen molar-refractivity contribution < 1.29 is 23.6 Å². The molecule has 2 fully saturated rings. The quantitative estimate of drug-likeness (QED) is 0.501. The monoisotopic (exact) mass is 424 g/mol. The van der Waals surface area contributed by atoms with Crippen LogP contribution < -0.4 is 0 Å². The number of methoxy groups -OCH3 is 1. The molecule has 0 bridgehead atoms. The lowest BCUT2D eigenvalue weighted by Crippen LogP contribution is -2.57. The molecule has 164 valence electrons. The number of carbonyl (C=O) groups excluding carboxylic acids is 2. The van der Waals surface area contributed by atoms with Gasteiger partial charge in [0.15, 0.2) is 0 Å². The van der Waals surface area contributed by atoms with Crippen molar-refractivity contribution in [3.8, 4) is 11.3 Å². The number of hydrogen-bond donors (Lipinski definition) is 0. The number of nitrogens with zero attached hydrogens (tertiary/aromatic N) is 2. The van der Waals surface area contributed by atoms with Crippen molar-refractivity contribution in [1.82, 2.24) is 9.96 Å². The molecule has 0 saturated carbocycles. The number of hydroxylamine groups is 2. The van der Waals surface area contributed by atoms with E-state index in [1.165, 1.54) is 17.7 Å². The number of hydrogen-bond acceptors (Lipinski definition) is 6. The van der Waals surface area contributed by atoms with E-state index in [2.05, 4.69) is 35.7 Å². The van der Waals surface area contributed by atoms with E-state index in [-0.39, 0.29) is 24.9 Å². The Balaban J connectivity index is 1.44. The van der Waals surface area contributed by atoms with Gasteiger partial charge in [-0.15, -0.1) is 6.58 Å². The lowest BCUT2D eigenvalue weighted by Gasteiger charge is -2.45. The highest BCUT2D eigenvalue weighted by atomic mass is 16.7. The number of ether oxygens (including phenoxy) is 1. The maximum absolute atomic E-state index is 12.6. The van der Waals surface area contributed by atoms with Gasteiger partial charge in [0.1, 0.15) is 5.76 Å². The molecule has 0 aliphatic carbocycles. The van der Waals surface area contributed by atoms with Crippen LogP contribution in [0, 0.1) is 5.92 Å². The predicted molar refractivity (Wildman–Crippen MR) is 115 cm³/mol.